The van der Waals surface area contributed by atoms with E-state index in [0.29, 0.717) is 11.2 Å². The second-order valence-corrected chi connectivity index (χ2v) is 5.34. The Bertz CT molecular complexity index is 725. The number of pyridine rings is 1. The number of imidazole rings is 1. The molecule has 0 radical (unpaired) electrons. The highest BCUT2D eigenvalue weighted by Crippen LogP contribution is 2.40. The number of rotatable bonds is 2. The van der Waals surface area contributed by atoms with E-state index in [-0.39, 0.29) is 0 Å². The summed E-state index contributed by atoms with van der Waals surface area (Å²) >= 11 is 1.44. The van der Waals surface area contributed by atoms with Crippen LogP contribution in [0.2, 0.25) is 0 Å². The van der Waals surface area contributed by atoms with Gasteiger partial charge in [0.2, 0.25) is 0 Å². The number of nitrogens with zero attached hydrogens (tertiary/aromatic N) is 4. The Morgan fingerprint density at radius 2 is 2.22 bits per heavy atom. The van der Waals surface area contributed by atoms with Crippen LogP contribution in [0.15, 0.2) is 23.7 Å². The van der Waals surface area contributed by atoms with E-state index < -0.39 is 0 Å². The van der Waals surface area contributed by atoms with Gasteiger partial charge in [0.15, 0.2) is 16.6 Å². The van der Waals surface area contributed by atoms with Gasteiger partial charge in [0.25, 0.3) is 0 Å². The van der Waals surface area contributed by atoms with Gasteiger partial charge in [-0.05, 0) is 25.0 Å². The molecule has 0 aliphatic heterocycles. The van der Waals surface area contributed by atoms with Crippen molar-refractivity contribution in [2.45, 2.75) is 18.9 Å². The Morgan fingerprint density at radius 1 is 1.33 bits per heavy atom. The van der Waals surface area contributed by atoms with Crippen molar-refractivity contribution >= 4 is 27.6 Å². The van der Waals surface area contributed by atoms with Crippen LogP contribution < -0.4 is 5.73 Å². The summed E-state index contributed by atoms with van der Waals surface area (Å²) in [5, 5.41) is 2.53. The molecule has 18 heavy (non-hydrogen) atoms. The smallest absolute Gasteiger partial charge is 0.180 e. The van der Waals surface area contributed by atoms with Crippen LogP contribution in [0.4, 0.5) is 5.13 Å². The normalized spacial score (nSPS) is 15.3. The molecule has 1 aliphatic carbocycles. The van der Waals surface area contributed by atoms with Crippen LogP contribution in [-0.2, 0) is 0 Å². The number of hydrogen-bond acceptors (Lipinski definition) is 5. The molecule has 0 amide bonds. The maximum Gasteiger partial charge on any atom is 0.180 e. The summed E-state index contributed by atoms with van der Waals surface area (Å²) in [6, 6.07) is 4.41. The van der Waals surface area contributed by atoms with Crippen molar-refractivity contribution < 1.29 is 0 Å². The van der Waals surface area contributed by atoms with Crippen LogP contribution in [0.25, 0.3) is 22.7 Å². The molecular weight excluding hydrogens is 246 g/mol. The molecule has 4 rings (SSSR count). The molecule has 6 heteroatoms. The first-order valence-corrected chi connectivity index (χ1v) is 6.75. The maximum atomic E-state index is 5.71. The molecule has 1 fully saturated rings. The third-order valence-electron chi connectivity index (χ3n) is 3.11. The SMILES string of the molecule is Nc1nc(-c2nc3cccnc3n2C2CC2)cs1. The Balaban J connectivity index is 2.01. The van der Waals surface area contributed by atoms with E-state index >= 15 is 0 Å². The fraction of sp³-hybridized carbons (Fsp3) is 0.250. The standard InChI is InChI=1S/C12H11N5S/c13-12-16-9(6-18-12)11-15-8-2-1-5-14-10(8)17(11)7-3-4-7/h1-2,5-7H,3-4H2,(H2,13,16). The summed E-state index contributed by atoms with van der Waals surface area (Å²) in [6.45, 7) is 0. The van der Waals surface area contributed by atoms with Crippen molar-refractivity contribution in [3.8, 4) is 11.5 Å². The molecule has 5 nitrogen and oxygen atoms in total. The van der Waals surface area contributed by atoms with E-state index in [1.807, 2.05) is 23.7 Å². The van der Waals surface area contributed by atoms with E-state index in [0.717, 1.165) is 22.7 Å². The second kappa shape index (κ2) is 3.52. The van der Waals surface area contributed by atoms with E-state index in [2.05, 4.69) is 19.5 Å². The number of thiazole rings is 1. The quantitative estimate of drug-likeness (QED) is 0.765. The van der Waals surface area contributed by atoms with Gasteiger partial charge in [0.1, 0.15) is 11.2 Å². The lowest BCUT2D eigenvalue weighted by Crippen LogP contribution is -1.98. The van der Waals surface area contributed by atoms with Gasteiger partial charge in [-0.15, -0.1) is 11.3 Å². The van der Waals surface area contributed by atoms with Gasteiger partial charge in [-0.1, -0.05) is 0 Å². The minimum Gasteiger partial charge on any atom is -0.375 e. The maximum absolute atomic E-state index is 5.71. The zero-order valence-corrected chi connectivity index (χ0v) is 10.4. The van der Waals surface area contributed by atoms with Crippen molar-refractivity contribution in [2.75, 3.05) is 5.73 Å². The lowest BCUT2D eigenvalue weighted by Gasteiger charge is -2.03. The predicted octanol–water partition coefficient (Wildman–Crippen LogP) is 2.47. The number of hydrogen-bond donors (Lipinski definition) is 1. The summed E-state index contributed by atoms with van der Waals surface area (Å²) in [4.78, 5) is 13.4. The Morgan fingerprint density at radius 3 is 2.94 bits per heavy atom. The molecule has 1 aliphatic rings. The molecule has 3 aromatic rings. The average molecular weight is 257 g/mol. The number of nitrogen functional groups attached to an aromatic ring is 1. The predicted molar refractivity (Wildman–Crippen MR) is 71.3 cm³/mol. The van der Waals surface area contributed by atoms with Crippen LogP contribution in [0.1, 0.15) is 18.9 Å². The Kier molecular flexibility index (Phi) is 1.96. The number of fused-ring (bicyclic) bond motifs is 1. The van der Waals surface area contributed by atoms with Gasteiger partial charge >= 0.3 is 0 Å². The molecule has 0 aromatic carbocycles. The van der Waals surface area contributed by atoms with Crippen molar-refractivity contribution in [3.05, 3.63) is 23.7 Å². The highest BCUT2D eigenvalue weighted by molar-refractivity contribution is 7.13. The van der Waals surface area contributed by atoms with Crippen LogP contribution in [-0.4, -0.2) is 19.5 Å². The minimum absolute atomic E-state index is 0.517. The first-order valence-electron chi connectivity index (χ1n) is 5.87. The highest BCUT2D eigenvalue weighted by atomic mass is 32.1. The fourth-order valence-electron chi connectivity index (χ4n) is 2.18. The summed E-state index contributed by atoms with van der Waals surface area (Å²) in [6.07, 6.45) is 4.19. The fourth-order valence-corrected chi connectivity index (χ4v) is 2.72. The summed E-state index contributed by atoms with van der Waals surface area (Å²) in [5.41, 5.74) is 8.42. The topological polar surface area (TPSA) is 69.6 Å². The van der Waals surface area contributed by atoms with Crippen molar-refractivity contribution in [2.24, 2.45) is 0 Å². The second-order valence-electron chi connectivity index (χ2n) is 4.45. The third-order valence-corrected chi connectivity index (χ3v) is 3.79. The number of aromatic nitrogens is 4. The van der Waals surface area contributed by atoms with Crippen molar-refractivity contribution in [1.82, 2.24) is 19.5 Å². The van der Waals surface area contributed by atoms with Gasteiger partial charge in [-0.3, -0.25) is 0 Å². The molecule has 0 atom stereocenters. The molecular formula is C12H11N5S. The van der Waals surface area contributed by atoms with Crippen LogP contribution >= 0.6 is 11.3 Å². The summed E-state index contributed by atoms with van der Waals surface area (Å²) in [5.74, 6) is 0.888. The largest absolute Gasteiger partial charge is 0.375 e. The molecule has 0 unspecified atom stereocenters. The van der Waals surface area contributed by atoms with Gasteiger partial charge in [-0.25, -0.2) is 15.0 Å². The lowest BCUT2D eigenvalue weighted by molar-refractivity contribution is 0.764. The van der Waals surface area contributed by atoms with E-state index in [1.54, 1.807) is 0 Å². The summed E-state index contributed by atoms with van der Waals surface area (Å²) in [7, 11) is 0. The Hall–Kier alpha value is -1.95. The van der Waals surface area contributed by atoms with Crippen LogP contribution in [0.3, 0.4) is 0 Å². The van der Waals surface area contributed by atoms with Crippen molar-refractivity contribution in [3.63, 3.8) is 0 Å². The summed E-state index contributed by atoms with van der Waals surface area (Å²) < 4.78 is 2.20. The number of nitrogens with two attached hydrogens (primary N) is 1. The molecule has 90 valence electrons. The van der Waals surface area contributed by atoms with Gasteiger partial charge in [-0.2, -0.15) is 0 Å². The first kappa shape index (κ1) is 10.0. The minimum atomic E-state index is 0.517. The first-order chi connectivity index (χ1) is 8.83. The van der Waals surface area contributed by atoms with E-state index in [9.17, 15) is 0 Å². The zero-order chi connectivity index (χ0) is 12.1. The highest BCUT2D eigenvalue weighted by Gasteiger charge is 2.29. The molecule has 0 saturated heterocycles. The lowest BCUT2D eigenvalue weighted by atomic mass is 10.4. The Labute approximate surface area is 107 Å². The van der Waals surface area contributed by atoms with Gasteiger partial charge in [0.05, 0.1) is 0 Å². The average Bonchev–Trinajstić information content (AvgIpc) is 3.00. The molecule has 3 aromatic heterocycles. The van der Waals surface area contributed by atoms with Crippen LogP contribution in [0.5, 0.6) is 0 Å². The van der Waals surface area contributed by atoms with Gasteiger partial charge < -0.3 is 10.3 Å². The monoisotopic (exact) mass is 257 g/mol. The van der Waals surface area contributed by atoms with E-state index in [1.165, 1.54) is 24.2 Å². The molecule has 3 heterocycles. The van der Waals surface area contributed by atoms with Gasteiger partial charge in [0, 0.05) is 17.6 Å². The molecule has 2 N–H and O–H groups in total. The molecule has 1 saturated carbocycles. The van der Waals surface area contributed by atoms with Crippen molar-refractivity contribution in [1.29, 1.82) is 0 Å². The molecule has 0 bridgehead atoms. The van der Waals surface area contributed by atoms with E-state index in [4.69, 9.17) is 5.73 Å². The third kappa shape index (κ3) is 1.42. The number of anilines is 1. The molecule has 0 spiro atoms. The van der Waals surface area contributed by atoms with Crippen LogP contribution in [0, 0.1) is 0 Å². The zero-order valence-electron chi connectivity index (χ0n) is 9.58.